The molecule has 0 aliphatic heterocycles. The number of carbonyl (C=O) groups excluding carboxylic acids is 1. The summed E-state index contributed by atoms with van der Waals surface area (Å²) in [6.07, 6.45) is 0.660. The first-order valence-corrected chi connectivity index (χ1v) is 8.01. The minimum atomic E-state index is -0.812. The second-order valence-corrected chi connectivity index (χ2v) is 6.46. The molecular formula is C15H13ClN4O2S. The summed E-state index contributed by atoms with van der Waals surface area (Å²) in [4.78, 5) is 16.7. The lowest BCUT2D eigenvalue weighted by Gasteiger charge is -2.08. The van der Waals surface area contributed by atoms with Crippen LogP contribution >= 0.6 is 22.9 Å². The third-order valence-electron chi connectivity index (χ3n) is 3.09. The van der Waals surface area contributed by atoms with Gasteiger partial charge in [0.05, 0.1) is 10.0 Å². The zero-order valence-electron chi connectivity index (χ0n) is 11.9. The molecule has 0 aliphatic rings. The zero-order chi connectivity index (χ0) is 16.2. The highest BCUT2D eigenvalue weighted by Crippen LogP contribution is 2.26. The van der Waals surface area contributed by atoms with Crippen LogP contribution in [0.4, 0.5) is 0 Å². The molecule has 0 bridgehead atoms. The zero-order valence-corrected chi connectivity index (χ0v) is 13.5. The van der Waals surface area contributed by atoms with Crippen molar-refractivity contribution in [2.24, 2.45) is 0 Å². The van der Waals surface area contributed by atoms with Gasteiger partial charge in [-0.3, -0.25) is 4.79 Å². The molecular weight excluding hydrogens is 336 g/mol. The van der Waals surface area contributed by atoms with Gasteiger partial charge in [-0.15, -0.1) is 16.4 Å². The minimum absolute atomic E-state index is 0.0465. The van der Waals surface area contributed by atoms with Gasteiger partial charge in [-0.25, -0.2) is 9.67 Å². The average molecular weight is 349 g/mol. The van der Waals surface area contributed by atoms with E-state index in [9.17, 15) is 9.90 Å². The van der Waals surface area contributed by atoms with Gasteiger partial charge in [-0.05, 0) is 24.3 Å². The molecule has 0 radical (unpaired) electrons. The molecule has 118 valence electrons. The van der Waals surface area contributed by atoms with Crippen LogP contribution in [-0.2, 0) is 0 Å². The van der Waals surface area contributed by atoms with Gasteiger partial charge in [-0.1, -0.05) is 29.8 Å². The number of aliphatic hydroxyl groups is 1. The Balaban J connectivity index is 1.62. The second-order valence-electron chi connectivity index (χ2n) is 4.72. The van der Waals surface area contributed by atoms with Gasteiger partial charge < -0.3 is 10.4 Å². The van der Waals surface area contributed by atoms with Crippen LogP contribution in [0.2, 0.25) is 4.34 Å². The molecule has 6 nitrogen and oxygen atoms in total. The van der Waals surface area contributed by atoms with Crippen molar-refractivity contribution in [2.45, 2.75) is 6.10 Å². The number of halogens is 1. The largest absolute Gasteiger partial charge is 0.386 e. The number of nitrogens with zero attached hydrogens (tertiary/aromatic N) is 3. The number of para-hydroxylation sites is 1. The number of amides is 1. The summed E-state index contributed by atoms with van der Waals surface area (Å²) in [5, 5.41) is 16.7. The van der Waals surface area contributed by atoms with E-state index in [1.54, 1.807) is 12.1 Å². The van der Waals surface area contributed by atoms with Gasteiger partial charge in [0.1, 0.15) is 12.4 Å². The number of aromatic nitrogens is 3. The Hall–Kier alpha value is -2.22. The Kier molecular flexibility index (Phi) is 4.71. The van der Waals surface area contributed by atoms with Crippen LogP contribution in [0.15, 0.2) is 48.8 Å². The molecule has 2 N–H and O–H groups in total. The minimum Gasteiger partial charge on any atom is -0.386 e. The molecule has 0 fully saturated rings. The van der Waals surface area contributed by atoms with Gasteiger partial charge in [0, 0.05) is 11.4 Å². The number of nitrogens with one attached hydrogen (secondary N) is 1. The molecule has 2 heterocycles. The smallest absolute Gasteiger partial charge is 0.291 e. The lowest BCUT2D eigenvalue weighted by atomic mass is 10.3. The van der Waals surface area contributed by atoms with E-state index in [1.165, 1.54) is 22.3 Å². The highest BCUT2D eigenvalue weighted by molar-refractivity contribution is 7.16. The van der Waals surface area contributed by atoms with E-state index in [0.717, 1.165) is 5.69 Å². The van der Waals surface area contributed by atoms with E-state index in [0.29, 0.717) is 9.21 Å². The van der Waals surface area contributed by atoms with Crippen molar-refractivity contribution >= 4 is 28.8 Å². The fraction of sp³-hybridized carbons (Fsp3) is 0.133. The third kappa shape index (κ3) is 3.76. The Morgan fingerprint density at radius 3 is 2.78 bits per heavy atom. The first-order chi connectivity index (χ1) is 11.1. The van der Waals surface area contributed by atoms with Gasteiger partial charge in [0.25, 0.3) is 5.91 Å². The van der Waals surface area contributed by atoms with Crippen molar-refractivity contribution < 1.29 is 9.90 Å². The van der Waals surface area contributed by atoms with E-state index in [2.05, 4.69) is 15.4 Å². The predicted molar refractivity (Wildman–Crippen MR) is 88.0 cm³/mol. The third-order valence-corrected chi connectivity index (χ3v) is 4.43. The molecule has 0 saturated carbocycles. The molecule has 1 unspecified atom stereocenters. The maximum Gasteiger partial charge on any atom is 0.291 e. The van der Waals surface area contributed by atoms with Crippen LogP contribution in [-0.4, -0.2) is 32.3 Å². The van der Waals surface area contributed by atoms with Gasteiger partial charge in [0.2, 0.25) is 5.82 Å². The summed E-state index contributed by atoms with van der Waals surface area (Å²) in [5.41, 5.74) is 0.812. The number of rotatable bonds is 5. The van der Waals surface area contributed by atoms with Crippen molar-refractivity contribution in [1.29, 1.82) is 0 Å². The summed E-state index contributed by atoms with van der Waals surface area (Å²) in [6.45, 7) is 0.0650. The quantitative estimate of drug-likeness (QED) is 0.742. The van der Waals surface area contributed by atoms with Crippen molar-refractivity contribution in [3.05, 3.63) is 63.8 Å². The van der Waals surface area contributed by atoms with Crippen LogP contribution in [0, 0.1) is 0 Å². The van der Waals surface area contributed by atoms with E-state index in [1.807, 2.05) is 30.3 Å². The fourth-order valence-corrected chi connectivity index (χ4v) is 3.00. The summed E-state index contributed by atoms with van der Waals surface area (Å²) in [7, 11) is 0. The van der Waals surface area contributed by atoms with Crippen molar-refractivity contribution in [2.75, 3.05) is 6.54 Å². The van der Waals surface area contributed by atoms with Crippen LogP contribution in [0.5, 0.6) is 0 Å². The summed E-state index contributed by atoms with van der Waals surface area (Å²) >= 11 is 7.09. The summed E-state index contributed by atoms with van der Waals surface area (Å²) in [5.74, 6) is -0.397. The topological polar surface area (TPSA) is 80.0 Å². The summed E-state index contributed by atoms with van der Waals surface area (Å²) < 4.78 is 2.11. The van der Waals surface area contributed by atoms with Gasteiger partial charge >= 0.3 is 0 Å². The number of hydrogen-bond donors (Lipinski definition) is 2. The van der Waals surface area contributed by atoms with E-state index in [-0.39, 0.29) is 12.4 Å². The molecule has 8 heteroatoms. The lowest BCUT2D eigenvalue weighted by Crippen LogP contribution is -2.29. The molecule has 23 heavy (non-hydrogen) atoms. The Morgan fingerprint density at radius 1 is 1.30 bits per heavy atom. The molecule has 0 spiro atoms. The number of thiophene rings is 1. The van der Waals surface area contributed by atoms with E-state index >= 15 is 0 Å². The summed E-state index contributed by atoms with van der Waals surface area (Å²) in [6, 6.07) is 12.8. The van der Waals surface area contributed by atoms with Crippen LogP contribution in [0.25, 0.3) is 5.69 Å². The molecule has 1 amide bonds. The van der Waals surface area contributed by atoms with Gasteiger partial charge in [0.15, 0.2) is 0 Å². The lowest BCUT2D eigenvalue weighted by molar-refractivity contribution is 0.0908. The number of hydrogen-bond acceptors (Lipinski definition) is 5. The molecule has 3 aromatic rings. The van der Waals surface area contributed by atoms with Crippen molar-refractivity contribution in [1.82, 2.24) is 20.1 Å². The van der Waals surface area contributed by atoms with Gasteiger partial charge in [-0.2, -0.15) is 0 Å². The maximum absolute atomic E-state index is 12.0. The standard InChI is InChI=1S/C15H13ClN4O2S/c16-13-7-6-12(23-13)11(21)8-17-15(22)14-18-9-20(19-14)10-4-2-1-3-5-10/h1-7,9,11,21H,8H2,(H,17,22). The molecule has 0 aliphatic carbocycles. The molecule has 1 aromatic carbocycles. The van der Waals surface area contributed by atoms with Crippen LogP contribution in [0.1, 0.15) is 21.6 Å². The Morgan fingerprint density at radius 2 is 2.09 bits per heavy atom. The van der Waals surface area contributed by atoms with E-state index < -0.39 is 12.0 Å². The highest BCUT2D eigenvalue weighted by atomic mass is 35.5. The Labute approximate surface area is 141 Å². The predicted octanol–water partition coefficient (Wildman–Crippen LogP) is 2.45. The van der Waals surface area contributed by atoms with Crippen molar-refractivity contribution in [3.8, 4) is 5.69 Å². The molecule has 0 saturated heterocycles. The normalized spacial score (nSPS) is 12.1. The number of carbonyl (C=O) groups is 1. The molecule has 3 rings (SSSR count). The maximum atomic E-state index is 12.0. The molecule has 1 atom stereocenters. The SMILES string of the molecule is O=C(NCC(O)c1ccc(Cl)s1)c1ncn(-c2ccccc2)n1. The highest BCUT2D eigenvalue weighted by Gasteiger charge is 2.15. The monoisotopic (exact) mass is 348 g/mol. The fourth-order valence-electron chi connectivity index (χ4n) is 1.95. The second kappa shape index (κ2) is 6.91. The van der Waals surface area contributed by atoms with Crippen LogP contribution in [0.3, 0.4) is 0 Å². The number of benzene rings is 1. The first kappa shape index (κ1) is 15.7. The molecule has 2 aromatic heterocycles. The first-order valence-electron chi connectivity index (χ1n) is 6.82. The van der Waals surface area contributed by atoms with Crippen molar-refractivity contribution in [3.63, 3.8) is 0 Å². The van der Waals surface area contributed by atoms with E-state index in [4.69, 9.17) is 11.6 Å². The number of aliphatic hydroxyl groups excluding tert-OH is 1. The average Bonchev–Trinajstić information content (AvgIpc) is 3.22. The van der Waals surface area contributed by atoms with Crippen LogP contribution < -0.4 is 5.32 Å². The Bertz CT molecular complexity index is 803.